The molecule has 8 nitrogen and oxygen atoms in total. The zero-order valence-corrected chi connectivity index (χ0v) is 14.2. The van der Waals surface area contributed by atoms with Crippen LogP contribution >= 0.6 is 0 Å². The molecular formula is C17H20N6O2. The average Bonchev–Trinajstić information content (AvgIpc) is 3.02. The van der Waals surface area contributed by atoms with Gasteiger partial charge in [-0.2, -0.15) is 5.10 Å². The fourth-order valence-corrected chi connectivity index (χ4v) is 2.61. The molecule has 8 heteroatoms. The van der Waals surface area contributed by atoms with Crippen LogP contribution in [0, 0.1) is 0 Å². The summed E-state index contributed by atoms with van der Waals surface area (Å²) in [6.45, 7) is 5.51. The number of hydrogen-bond donors (Lipinski definition) is 1. The molecule has 2 aromatic rings. The van der Waals surface area contributed by atoms with Crippen LogP contribution in [0.15, 0.2) is 36.7 Å². The van der Waals surface area contributed by atoms with Gasteiger partial charge in [0.25, 0.3) is 5.91 Å². The highest BCUT2D eigenvalue weighted by Crippen LogP contribution is 2.19. The van der Waals surface area contributed by atoms with Crippen molar-refractivity contribution < 1.29 is 9.59 Å². The molecule has 3 heterocycles. The van der Waals surface area contributed by atoms with Crippen molar-refractivity contribution in [1.82, 2.24) is 25.4 Å². The smallest absolute Gasteiger partial charge is 0.326 e. The summed E-state index contributed by atoms with van der Waals surface area (Å²) in [6.07, 6.45) is 3.12. The molecule has 3 amide bonds. The summed E-state index contributed by atoms with van der Waals surface area (Å²) >= 11 is 0. The summed E-state index contributed by atoms with van der Waals surface area (Å²) in [5.41, 5.74) is 1.11. The molecule has 0 aromatic carbocycles. The summed E-state index contributed by atoms with van der Waals surface area (Å²) in [5, 5.41) is 11.0. The quantitative estimate of drug-likeness (QED) is 0.889. The van der Waals surface area contributed by atoms with Gasteiger partial charge in [-0.3, -0.25) is 14.7 Å². The number of rotatable bonds is 5. The van der Waals surface area contributed by atoms with Gasteiger partial charge in [0.2, 0.25) is 0 Å². The fourth-order valence-electron chi connectivity index (χ4n) is 2.61. The minimum absolute atomic E-state index is 0.0538. The summed E-state index contributed by atoms with van der Waals surface area (Å²) < 4.78 is 0. The number of carbonyl (C=O) groups excluding carboxylic acids is 2. The molecule has 0 radical (unpaired) electrons. The number of urea groups is 1. The Hall–Kier alpha value is -3.03. The van der Waals surface area contributed by atoms with Crippen LogP contribution < -0.4 is 10.2 Å². The molecule has 25 heavy (non-hydrogen) atoms. The third-order valence-electron chi connectivity index (χ3n) is 4.00. The van der Waals surface area contributed by atoms with Crippen molar-refractivity contribution in [3.63, 3.8) is 0 Å². The second-order valence-corrected chi connectivity index (χ2v) is 6.03. The molecule has 2 aromatic heterocycles. The normalized spacial score (nSPS) is 14.3. The predicted octanol–water partition coefficient (Wildman–Crippen LogP) is 1.45. The number of amides is 3. The van der Waals surface area contributed by atoms with Crippen molar-refractivity contribution in [2.24, 2.45) is 0 Å². The van der Waals surface area contributed by atoms with Crippen molar-refractivity contribution in [1.29, 1.82) is 0 Å². The predicted molar refractivity (Wildman–Crippen MR) is 92.0 cm³/mol. The van der Waals surface area contributed by atoms with Crippen molar-refractivity contribution >= 4 is 17.8 Å². The summed E-state index contributed by atoms with van der Waals surface area (Å²) in [4.78, 5) is 31.6. The van der Waals surface area contributed by atoms with E-state index in [2.05, 4.69) is 20.5 Å². The van der Waals surface area contributed by atoms with E-state index in [-0.39, 0.29) is 24.5 Å². The number of nitrogens with zero attached hydrogens (tertiary/aromatic N) is 5. The van der Waals surface area contributed by atoms with Crippen LogP contribution in [0.3, 0.4) is 0 Å². The van der Waals surface area contributed by atoms with Crippen LogP contribution in [0.1, 0.15) is 29.9 Å². The lowest BCUT2D eigenvalue weighted by Crippen LogP contribution is -2.36. The number of pyridine rings is 1. The van der Waals surface area contributed by atoms with E-state index in [1.54, 1.807) is 40.3 Å². The highest BCUT2D eigenvalue weighted by Gasteiger charge is 2.31. The third kappa shape index (κ3) is 3.73. The molecule has 0 unspecified atom stereocenters. The van der Waals surface area contributed by atoms with Crippen LogP contribution in [0.2, 0.25) is 0 Å². The van der Waals surface area contributed by atoms with Gasteiger partial charge in [0, 0.05) is 31.5 Å². The zero-order chi connectivity index (χ0) is 17.8. The number of nitrogens with one attached hydrogen (secondary N) is 1. The topological polar surface area (TPSA) is 91.3 Å². The second kappa shape index (κ2) is 7.25. The number of hydrogen-bond acceptors (Lipinski definition) is 5. The number of aromatic nitrogens is 3. The summed E-state index contributed by atoms with van der Waals surface area (Å²) in [6, 6.07) is 7.01. The zero-order valence-electron chi connectivity index (χ0n) is 14.2. The van der Waals surface area contributed by atoms with Gasteiger partial charge in [-0.1, -0.05) is 0 Å². The van der Waals surface area contributed by atoms with E-state index in [9.17, 15) is 9.59 Å². The maximum Gasteiger partial charge on any atom is 0.326 e. The molecule has 1 aliphatic rings. The molecule has 1 saturated heterocycles. The monoisotopic (exact) mass is 340 g/mol. The Morgan fingerprint density at radius 2 is 2.08 bits per heavy atom. The van der Waals surface area contributed by atoms with Gasteiger partial charge in [0.15, 0.2) is 5.82 Å². The minimum atomic E-state index is -0.221. The van der Waals surface area contributed by atoms with Crippen LogP contribution in [0.4, 0.5) is 10.6 Å². The van der Waals surface area contributed by atoms with Crippen molar-refractivity contribution in [3.05, 3.63) is 47.9 Å². The number of carbonyl (C=O) groups is 2. The Morgan fingerprint density at radius 1 is 1.24 bits per heavy atom. The molecule has 0 atom stereocenters. The lowest BCUT2D eigenvalue weighted by Gasteiger charge is -2.21. The molecule has 1 N–H and O–H groups in total. The van der Waals surface area contributed by atoms with E-state index >= 15 is 0 Å². The summed E-state index contributed by atoms with van der Waals surface area (Å²) in [5.74, 6) is 0.303. The standard InChI is InChI=1S/C17H20N6O2/c1-12(2)22-8-9-23(17(22)25)15-6-5-14(20-21-15)11-19-16(24)13-4-3-7-18-10-13/h3-7,10,12H,8-9,11H2,1-2H3,(H,19,24). The molecule has 0 bridgehead atoms. The van der Waals surface area contributed by atoms with Gasteiger partial charge in [-0.05, 0) is 38.1 Å². The first-order valence-electron chi connectivity index (χ1n) is 8.15. The fraction of sp³-hybridized carbons (Fsp3) is 0.353. The summed E-state index contributed by atoms with van der Waals surface area (Å²) in [7, 11) is 0. The lowest BCUT2D eigenvalue weighted by atomic mass is 10.2. The van der Waals surface area contributed by atoms with E-state index in [4.69, 9.17) is 0 Å². The van der Waals surface area contributed by atoms with Gasteiger partial charge in [0.1, 0.15) is 0 Å². The molecule has 0 saturated carbocycles. The first kappa shape index (κ1) is 16.8. The molecule has 0 spiro atoms. The molecule has 1 fully saturated rings. The highest BCUT2D eigenvalue weighted by atomic mass is 16.2. The van der Waals surface area contributed by atoms with E-state index in [1.807, 2.05) is 13.8 Å². The van der Waals surface area contributed by atoms with Gasteiger partial charge >= 0.3 is 6.03 Å². The molecular weight excluding hydrogens is 320 g/mol. The molecule has 0 aliphatic carbocycles. The van der Waals surface area contributed by atoms with Crippen molar-refractivity contribution in [2.75, 3.05) is 18.0 Å². The first-order valence-corrected chi connectivity index (χ1v) is 8.15. The SMILES string of the molecule is CC(C)N1CCN(c2ccc(CNC(=O)c3cccnc3)nn2)C1=O. The highest BCUT2D eigenvalue weighted by molar-refractivity contribution is 5.94. The van der Waals surface area contributed by atoms with Crippen LogP contribution in [-0.2, 0) is 6.54 Å². The Labute approximate surface area is 145 Å². The second-order valence-electron chi connectivity index (χ2n) is 6.03. The van der Waals surface area contributed by atoms with Crippen molar-refractivity contribution in [2.45, 2.75) is 26.4 Å². The van der Waals surface area contributed by atoms with Crippen LogP contribution in [0.5, 0.6) is 0 Å². The van der Waals surface area contributed by atoms with Crippen LogP contribution in [-0.4, -0.2) is 51.2 Å². The molecule has 1 aliphatic heterocycles. The first-order chi connectivity index (χ1) is 12.1. The Bertz CT molecular complexity index is 747. The van der Waals surface area contributed by atoms with Gasteiger partial charge in [-0.25, -0.2) is 4.79 Å². The van der Waals surface area contributed by atoms with Gasteiger partial charge < -0.3 is 10.2 Å². The van der Waals surface area contributed by atoms with E-state index < -0.39 is 0 Å². The Morgan fingerprint density at radius 3 is 2.68 bits per heavy atom. The van der Waals surface area contributed by atoms with Crippen molar-refractivity contribution in [3.8, 4) is 0 Å². The van der Waals surface area contributed by atoms with Crippen LogP contribution in [0.25, 0.3) is 0 Å². The van der Waals surface area contributed by atoms with E-state index in [0.717, 1.165) is 0 Å². The molecule has 3 rings (SSSR count). The minimum Gasteiger partial charge on any atom is -0.346 e. The lowest BCUT2D eigenvalue weighted by molar-refractivity contribution is 0.0950. The molecule has 130 valence electrons. The largest absolute Gasteiger partial charge is 0.346 e. The Balaban J connectivity index is 1.59. The Kier molecular flexibility index (Phi) is 4.87. The van der Waals surface area contributed by atoms with E-state index in [1.165, 1.54) is 6.20 Å². The average molecular weight is 340 g/mol. The van der Waals surface area contributed by atoms with E-state index in [0.29, 0.717) is 30.2 Å². The third-order valence-corrected chi connectivity index (χ3v) is 4.00. The maximum absolute atomic E-state index is 12.3. The maximum atomic E-state index is 12.3. The number of anilines is 1. The van der Waals surface area contributed by atoms with Gasteiger partial charge in [0.05, 0.1) is 17.8 Å². The van der Waals surface area contributed by atoms with Gasteiger partial charge in [-0.15, -0.1) is 5.10 Å².